The zero-order valence-corrected chi connectivity index (χ0v) is 29.4. The van der Waals surface area contributed by atoms with Crippen LogP contribution in [-0.4, -0.2) is 61.1 Å². The summed E-state index contributed by atoms with van der Waals surface area (Å²) in [5.41, 5.74) is 5.32. The van der Waals surface area contributed by atoms with Crippen LogP contribution in [0.1, 0.15) is 94.2 Å². The first kappa shape index (κ1) is 31.2. The first-order valence-corrected chi connectivity index (χ1v) is 18.3. The number of aromatic nitrogens is 4. The molecule has 3 aliphatic carbocycles. The maximum Gasteiger partial charge on any atom is 0.410 e. The highest BCUT2D eigenvalue weighted by Crippen LogP contribution is 2.59. The van der Waals surface area contributed by atoms with Gasteiger partial charge in [0.15, 0.2) is 0 Å². The Morgan fingerprint density at radius 1 is 0.922 bits per heavy atom. The highest BCUT2D eigenvalue weighted by molar-refractivity contribution is 5.87. The molecule has 10 rings (SSSR count). The number of imidazole rings is 2. The molecule has 2 bridgehead atoms. The summed E-state index contributed by atoms with van der Waals surface area (Å²) in [5, 5.41) is 0. The van der Waals surface area contributed by atoms with Crippen LogP contribution in [0.5, 0.6) is 0 Å². The number of ether oxygens (including phenoxy) is 1. The molecule has 0 radical (unpaired) electrons. The Balaban J connectivity index is 0.926. The quantitative estimate of drug-likeness (QED) is 0.196. The lowest BCUT2D eigenvalue weighted by molar-refractivity contribution is 0.0212. The van der Waals surface area contributed by atoms with Gasteiger partial charge in [-0.3, -0.25) is 9.80 Å². The lowest BCUT2D eigenvalue weighted by Crippen LogP contribution is -2.37. The molecule has 4 atom stereocenters. The number of nitrogens with one attached hydrogen (secondary N) is 2. The Hall–Kier alpha value is -4.57. The van der Waals surface area contributed by atoms with Gasteiger partial charge in [-0.25, -0.2) is 14.8 Å². The minimum Gasteiger partial charge on any atom is -0.444 e. The highest BCUT2D eigenvalue weighted by Gasteiger charge is 2.55. The highest BCUT2D eigenvalue weighted by atomic mass is 19.3. The second-order valence-corrected chi connectivity index (χ2v) is 16.8. The number of benzene rings is 3. The molecule has 5 aliphatic rings. The average Bonchev–Trinajstić information content (AvgIpc) is 3.72. The van der Waals surface area contributed by atoms with Gasteiger partial charge in [0.25, 0.3) is 5.92 Å². The van der Waals surface area contributed by atoms with E-state index in [0.29, 0.717) is 52.8 Å². The summed E-state index contributed by atoms with van der Waals surface area (Å²) < 4.78 is 38.5. The number of amides is 1. The molecule has 2 N–H and O–H groups in total. The summed E-state index contributed by atoms with van der Waals surface area (Å²) in [6.45, 7) is 6.24. The summed E-state index contributed by atoms with van der Waals surface area (Å²) >= 11 is 0. The van der Waals surface area contributed by atoms with Crippen molar-refractivity contribution in [3.8, 4) is 33.5 Å². The second kappa shape index (κ2) is 10.5. The van der Waals surface area contributed by atoms with Crippen molar-refractivity contribution in [3.63, 3.8) is 0 Å². The van der Waals surface area contributed by atoms with Crippen LogP contribution in [0.3, 0.4) is 0 Å². The van der Waals surface area contributed by atoms with E-state index in [0.717, 1.165) is 47.2 Å². The Kier molecular flexibility index (Phi) is 6.42. The number of piperidine rings is 1. The molecule has 4 fully saturated rings. The molecular weight excluding hydrogens is 646 g/mol. The third kappa shape index (κ3) is 4.89. The first-order valence-electron chi connectivity index (χ1n) is 18.3. The molecule has 10 heteroatoms. The predicted octanol–water partition coefficient (Wildman–Crippen LogP) is 9.36. The van der Waals surface area contributed by atoms with Crippen LogP contribution in [0.25, 0.3) is 44.5 Å². The topological polar surface area (TPSA) is 90.1 Å². The van der Waals surface area contributed by atoms with Gasteiger partial charge in [-0.05, 0) is 124 Å². The molecule has 4 heterocycles. The van der Waals surface area contributed by atoms with Crippen molar-refractivity contribution < 1.29 is 18.3 Å². The minimum absolute atomic E-state index is 0.0138. The van der Waals surface area contributed by atoms with Crippen molar-refractivity contribution in [2.45, 2.75) is 88.9 Å². The van der Waals surface area contributed by atoms with Crippen LogP contribution in [0.2, 0.25) is 0 Å². The van der Waals surface area contributed by atoms with Gasteiger partial charge in [0, 0.05) is 29.3 Å². The van der Waals surface area contributed by atoms with Crippen LogP contribution in [0.4, 0.5) is 13.6 Å². The van der Waals surface area contributed by atoms with E-state index in [1.54, 1.807) is 29.3 Å². The fourth-order valence-corrected chi connectivity index (χ4v) is 9.55. The predicted molar refractivity (Wildman–Crippen MR) is 191 cm³/mol. The fraction of sp³-hybridized carbons (Fsp3) is 0.439. The first-order chi connectivity index (χ1) is 24.4. The molecule has 1 amide bonds. The number of likely N-dealkylation sites (tertiary alicyclic amines) is 2. The Bertz CT molecular complexity index is 2240. The third-order valence-electron chi connectivity index (χ3n) is 12.3. The van der Waals surface area contributed by atoms with E-state index >= 15 is 8.78 Å². The number of fused-ring (bicyclic) bond motifs is 6. The summed E-state index contributed by atoms with van der Waals surface area (Å²) in [6, 6.07) is 17.3. The smallest absolute Gasteiger partial charge is 0.410 e. The van der Waals surface area contributed by atoms with Crippen molar-refractivity contribution in [1.82, 2.24) is 29.7 Å². The molecular formula is C41H42F2N6O2. The number of H-pyrrole nitrogens is 2. The van der Waals surface area contributed by atoms with Gasteiger partial charge in [-0.15, -0.1) is 0 Å². The fourth-order valence-electron chi connectivity index (χ4n) is 9.55. The molecule has 5 aromatic rings. The Morgan fingerprint density at radius 3 is 2.33 bits per heavy atom. The molecule has 2 aliphatic heterocycles. The molecule has 2 saturated heterocycles. The summed E-state index contributed by atoms with van der Waals surface area (Å²) in [6.07, 6.45) is 8.05. The van der Waals surface area contributed by atoms with Gasteiger partial charge >= 0.3 is 6.09 Å². The van der Waals surface area contributed by atoms with Gasteiger partial charge < -0.3 is 14.7 Å². The molecule has 1 spiro atoms. The molecule has 3 aromatic carbocycles. The van der Waals surface area contributed by atoms with Crippen LogP contribution in [0, 0.1) is 11.3 Å². The van der Waals surface area contributed by atoms with Crippen molar-refractivity contribution in [3.05, 3.63) is 83.6 Å². The number of hydrogen-bond acceptors (Lipinski definition) is 5. The zero-order chi connectivity index (χ0) is 35.0. The number of carbonyl (C=O) groups excluding carboxylic acids is 1. The lowest BCUT2D eigenvalue weighted by atomic mass is 9.98. The maximum absolute atomic E-state index is 16.4. The van der Waals surface area contributed by atoms with Gasteiger partial charge in [0.1, 0.15) is 17.2 Å². The molecule has 51 heavy (non-hydrogen) atoms. The van der Waals surface area contributed by atoms with E-state index in [1.165, 1.54) is 19.3 Å². The number of aromatic amines is 2. The lowest BCUT2D eigenvalue weighted by Gasteiger charge is -2.30. The van der Waals surface area contributed by atoms with Crippen LogP contribution < -0.4 is 0 Å². The van der Waals surface area contributed by atoms with Crippen molar-refractivity contribution >= 4 is 17.1 Å². The molecule has 8 nitrogen and oxygen atoms in total. The minimum atomic E-state index is -3.17. The Labute approximate surface area is 295 Å². The average molecular weight is 689 g/mol. The van der Waals surface area contributed by atoms with Crippen LogP contribution in [0.15, 0.2) is 60.8 Å². The van der Waals surface area contributed by atoms with Crippen molar-refractivity contribution in [1.29, 1.82) is 0 Å². The van der Waals surface area contributed by atoms with E-state index in [9.17, 15) is 4.79 Å². The monoisotopic (exact) mass is 688 g/mol. The second-order valence-electron chi connectivity index (χ2n) is 16.8. The summed E-state index contributed by atoms with van der Waals surface area (Å²) in [5.74, 6) is -0.880. The molecule has 2 aromatic heterocycles. The number of carbonyl (C=O) groups is 1. The number of nitrogens with zero attached hydrogens (tertiary/aromatic N) is 4. The summed E-state index contributed by atoms with van der Waals surface area (Å²) in [7, 11) is 2.20. The van der Waals surface area contributed by atoms with Gasteiger partial charge in [0.2, 0.25) is 0 Å². The van der Waals surface area contributed by atoms with Crippen LogP contribution in [-0.2, 0) is 10.7 Å². The van der Waals surface area contributed by atoms with E-state index < -0.39 is 11.5 Å². The van der Waals surface area contributed by atoms with Crippen LogP contribution >= 0.6 is 0 Å². The van der Waals surface area contributed by atoms with E-state index in [2.05, 4.69) is 26.9 Å². The molecule has 262 valence electrons. The van der Waals surface area contributed by atoms with Crippen molar-refractivity contribution in [2.24, 2.45) is 11.3 Å². The molecule has 4 unspecified atom stereocenters. The standard InChI is InChI=1S/C41H42F2N6O2/c1-39(2,3)51-38(50)49-21-40(13-14-40)19-34(49)36-44-20-33(47-36)24-7-11-28-27-10-6-22(16-29(27)41(42,43)30(28)17-24)23-8-12-31-32(18-23)46-37(45-31)35-25-5-9-26(15-25)48(35)4/h6-8,10-12,16-18,20,25-26,34-35H,5,9,13-15,19,21H2,1-4H3,(H,44,47)(H,45,46). The number of halogens is 2. The third-order valence-corrected chi connectivity index (χ3v) is 12.3. The summed E-state index contributed by atoms with van der Waals surface area (Å²) in [4.78, 5) is 34.0. The van der Waals surface area contributed by atoms with Crippen molar-refractivity contribution in [2.75, 3.05) is 13.6 Å². The van der Waals surface area contributed by atoms with Gasteiger partial charge in [-0.1, -0.05) is 30.3 Å². The largest absolute Gasteiger partial charge is 0.444 e. The Morgan fingerprint density at radius 2 is 1.63 bits per heavy atom. The number of hydrogen-bond donors (Lipinski definition) is 2. The van der Waals surface area contributed by atoms with E-state index in [1.807, 2.05) is 57.2 Å². The maximum atomic E-state index is 16.4. The van der Waals surface area contributed by atoms with E-state index in [-0.39, 0.29) is 28.7 Å². The van der Waals surface area contributed by atoms with Gasteiger partial charge in [0.05, 0.1) is 35.0 Å². The number of alkyl halides is 2. The van der Waals surface area contributed by atoms with E-state index in [4.69, 9.17) is 9.72 Å². The SMILES string of the molecule is CN1C2CCC(C2)C1c1nc2ccc(-c3ccc4c(c3)C(F)(F)c3cc(-c5cnc(C6CC7(CC7)CN6C(=O)OC(C)(C)C)[nH]5)ccc3-4)cc2[nH]1. The zero-order valence-electron chi connectivity index (χ0n) is 29.4. The number of rotatable bonds is 4. The molecule has 2 saturated carbocycles. The normalized spacial score (nSPS) is 25.6. The van der Waals surface area contributed by atoms with Gasteiger partial charge in [-0.2, -0.15) is 8.78 Å².